The number of fused-ring (bicyclic) bond motifs is 1. The third-order valence-corrected chi connectivity index (χ3v) is 8.04. The number of hydrogen-bond donors (Lipinski definition) is 0. The topological polar surface area (TPSA) is 30.7 Å². The summed E-state index contributed by atoms with van der Waals surface area (Å²) in [6.45, 7) is 0. The van der Waals surface area contributed by atoms with Crippen LogP contribution < -0.4 is 0 Å². The van der Waals surface area contributed by atoms with Gasteiger partial charge in [-0.25, -0.2) is 0 Å². The average Bonchev–Trinajstić information content (AvgIpc) is 3.54. The van der Waals surface area contributed by atoms with Gasteiger partial charge in [0.1, 0.15) is 0 Å². The van der Waals surface area contributed by atoms with Crippen LogP contribution in [0.1, 0.15) is 0 Å². The molecule has 3 nitrogen and oxygen atoms in total. The van der Waals surface area contributed by atoms with Gasteiger partial charge >= 0.3 is 0 Å². The van der Waals surface area contributed by atoms with Crippen molar-refractivity contribution in [2.45, 2.75) is 0 Å². The molecule has 0 saturated heterocycles. The summed E-state index contributed by atoms with van der Waals surface area (Å²) in [6, 6.07) is 60.5. The first-order valence-corrected chi connectivity index (χ1v) is 15.3. The molecule has 0 aliphatic carbocycles. The van der Waals surface area contributed by atoms with Crippen molar-refractivity contribution in [1.29, 1.82) is 0 Å². The molecule has 0 aliphatic heterocycles. The Kier molecular flexibility index (Phi) is 9.93. The molecule has 0 N–H and O–H groups in total. The molecule has 0 amide bonds. The third kappa shape index (κ3) is 7.21. The van der Waals surface area contributed by atoms with Crippen molar-refractivity contribution < 1.29 is 20.1 Å². The maximum absolute atomic E-state index is 4.58. The van der Waals surface area contributed by atoms with E-state index in [-0.39, 0.29) is 20.1 Å². The minimum atomic E-state index is 0. The van der Waals surface area contributed by atoms with Gasteiger partial charge in [-0.05, 0) is 38.7 Å². The summed E-state index contributed by atoms with van der Waals surface area (Å²) in [5, 5.41) is 2.36. The van der Waals surface area contributed by atoms with Crippen LogP contribution in [0.25, 0.3) is 66.9 Å². The first kappa shape index (κ1) is 31.6. The largest absolute Gasteiger partial charge is 0.367 e. The standard InChI is InChI=1S/C22H17N2.C21H14N.Ir/c1-24-21(16-23-22(24)20-10-6-3-7-11-20)19-14-12-18(13-15-19)17-8-4-2-5-9-17;1-2-7-16(8-3-1)17-11-6-12-19(13-17)21-14-18-9-4-5-10-20(18)15-22-21;/h2-10,12-16H,1H3;1-11,13-15H;/q2*-1;. The van der Waals surface area contributed by atoms with Gasteiger partial charge in [0.25, 0.3) is 0 Å². The number of rotatable bonds is 5. The molecular weight excluding hydrogens is 751 g/mol. The van der Waals surface area contributed by atoms with Gasteiger partial charge in [0.15, 0.2) is 0 Å². The smallest absolute Gasteiger partial charge is 0.0587 e. The van der Waals surface area contributed by atoms with Crippen LogP contribution >= 0.6 is 0 Å². The van der Waals surface area contributed by atoms with Crippen LogP contribution in [0.15, 0.2) is 170 Å². The fraction of sp³-hybridized carbons (Fsp3) is 0.0233. The fourth-order valence-corrected chi connectivity index (χ4v) is 5.58. The van der Waals surface area contributed by atoms with Crippen LogP contribution in [0.4, 0.5) is 0 Å². The zero-order valence-electron chi connectivity index (χ0n) is 25.8. The minimum absolute atomic E-state index is 0. The van der Waals surface area contributed by atoms with Crippen LogP contribution in [-0.2, 0) is 27.2 Å². The fourth-order valence-electron chi connectivity index (χ4n) is 5.58. The van der Waals surface area contributed by atoms with Crippen LogP contribution in [-0.4, -0.2) is 14.5 Å². The summed E-state index contributed by atoms with van der Waals surface area (Å²) in [7, 11) is 2.05. The van der Waals surface area contributed by atoms with E-state index in [9.17, 15) is 0 Å². The number of aromatic nitrogens is 3. The molecule has 8 aromatic rings. The van der Waals surface area contributed by atoms with Crippen molar-refractivity contribution in [1.82, 2.24) is 14.5 Å². The summed E-state index contributed by atoms with van der Waals surface area (Å²) in [5.74, 6) is 0.928. The Morgan fingerprint density at radius 3 is 1.77 bits per heavy atom. The van der Waals surface area contributed by atoms with E-state index in [1.807, 2.05) is 68.0 Å². The van der Waals surface area contributed by atoms with Gasteiger partial charge in [-0.2, -0.15) is 0 Å². The molecule has 0 saturated carbocycles. The van der Waals surface area contributed by atoms with E-state index < -0.39 is 0 Å². The van der Waals surface area contributed by atoms with E-state index in [1.165, 1.54) is 27.6 Å². The predicted octanol–water partition coefficient (Wildman–Crippen LogP) is 10.6. The Hall–Kier alpha value is -5.41. The van der Waals surface area contributed by atoms with Gasteiger partial charge < -0.3 is 9.55 Å². The molecule has 2 heterocycles. The Bertz CT molecular complexity index is 2190. The quantitative estimate of drug-likeness (QED) is 0.163. The van der Waals surface area contributed by atoms with Crippen molar-refractivity contribution in [2.24, 2.45) is 7.05 Å². The first-order chi connectivity index (χ1) is 22.7. The van der Waals surface area contributed by atoms with Gasteiger partial charge in [0, 0.05) is 39.5 Å². The molecule has 0 aliphatic rings. The molecule has 0 atom stereocenters. The van der Waals surface area contributed by atoms with E-state index >= 15 is 0 Å². The molecule has 1 radical (unpaired) electrons. The summed E-state index contributed by atoms with van der Waals surface area (Å²) >= 11 is 0. The molecule has 47 heavy (non-hydrogen) atoms. The van der Waals surface area contributed by atoms with E-state index in [2.05, 4.69) is 136 Å². The monoisotopic (exact) mass is 782 g/mol. The maximum atomic E-state index is 4.58. The number of imidazole rings is 1. The summed E-state index contributed by atoms with van der Waals surface area (Å²) in [4.78, 5) is 9.16. The molecule has 0 fully saturated rings. The van der Waals surface area contributed by atoms with Gasteiger partial charge in [-0.3, -0.25) is 4.98 Å². The van der Waals surface area contributed by atoms with E-state index in [1.54, 1.807) is 0 Å². The predicted molar refractivity (Wildman–Crippen MR) is 190 cm³/mol. The van der Waals surface area contributed by atoms with Gasteiger partial charge in [0.2, 0.25) is 0 Å². The van der Waals surface area contributed by atoms with Crippen molar-refractivity contribution in [3.05, 3.63) is 182 Å². The third-order valence-electron chi connectivity index (χ3n) is 8.04. The molecule has 2 aromatic heterocycles. The van der Waals surface area contributed by atoms with E-state index in [4.69, 9.17) is 0 Å². The minimum Gasteiger partial charge on any atom is -0.367 e. The molecule has 0 spiro atoms. The van der Waals surface area contributed by atoms with Gasteiger partial charge in [0.05, 0.1) is 11.5 Å². The first-order valence-electron chi connectivity index (χ1n) is 15.3. The van der Waals surface area contributed by atoms with E-state index in [0.29, 0.717) is 0 Å². The SMILES string of the molecule is Cn1c(-c2ccc(-c3ccccc3)cc2)cnc1-c1[c-]cccc1.[Ir].[c-]1ccc(-c2ccccc2)cc1-c1cc2ccccc2cn1. The maximum Gasteiger partial charge on any atom is 0.0587 e. The Morgan fingerprint density at radius 1 is 0.468 bits per heavy atom. The van der Waals surface area contributed by atoms with Crippen LogP contribution in [0.2, 0.25) is 0 Å². The molecule has 0 bridgehead atoms. The van der Waals surface area contributed by atoms with Crippen LogP contribution in [0.3, 0.4) is 0 Å². The average molecular weight is 782 g/mol. The summed E-state index contributed by atoms with van der Waals surface area (Å²) in [5.41, 5.74) is 10.1. The molecule has 0 unspecified atom stereocenters. The second-order valence-corrected chi connectivity index (χ2v) is 11.0. The molecule has 6 aromatic carbocycles. The molecule has 8 rings (SSSR count). The second kappa shape index (κ2) is 14.8. The zero-order valence-corrected chi connectivity index (χ0v) is 28.2. The second-order valence-electron chi connectivity index (χ2n) is 11.0. The molecular formula is C43H31IrN3-2. The van der Waals surface area contributed by atoms with Crippen LogP contribution in [0.5, 0.6) is 0 Å². The molecule has 4 heteroatoms. The van der Waals surface area contributed by atoms with Crippen molar-refractivity contribution in [2.75, 3.05) is 0 Å². The Balaban J connectivity index is 0.000000161. The number of hydrogen-bond acceptors (Lipinski definition) is 2. The Morgan fingerprint density at radius 2 is 1.06 bits per heavy atom. The number of pyridine rings is 1. The Labute approximate surface area is 289 Å². The van der Waals surface area contributed by atoms with Crippen molar-refractivity contribution >= 4 is 10.8 Å². The summed E-state index contributed by atoms with van der Waals surface area (Å²) in [6.07, 6.45) is 3.85. The van der Waals surface area contributed by atoms with E-state index in [0.717, 1.165) is 39.3 Å². The normalized spacial score (nSPS) is 10.5. The van der Waals surface area contributed by atoms with Gasteiger partial charge in [-0.1, -0.05) is 115 Å². The van der Waals surface area contributed by atoms with Crippen LogP contribution in [0, 0.1) is 12.1 Å². The number of benzene rings is 6. The summed E-state index contributed by atoms with van der Waals surface area (Å²) < 4.78 is 2.11. The molecule has 229 valence electrons. The zero-order chi connectivity index (χ0) is 31.1. The van der Waals surface area contributed by atoms with Crippen molar-refractivity contribution in [3.63, 3.8) is 0 Å². The van der Waals surface area contributed by atoms with Crippen molar-refractivity contribution in [3.8, 4) is 56.2 Å². The number of nitrogens with zero attached hydrogens (tertiary/aromatic N) is 3. The van der Waals surface area contributed by atoms with Gasteiger partial charge in [-0.15, -0.1) is 71.3 Å².